The molecule has 1 amide bonds. The van der Waals surface area contributed by atoms with E-state index in [0.29, 0.717) is 61.2 Å². The minimum absolute atomic E-state index is 0.0369. The van der Waals surface area contributed by atoms with E-state index in [1.807, 2.05) is 51.3 Å². The number of rotatable bonds is 8. The van der Waals surface area contributed by atoms with E-state index in [-0.39, 0.29) is 23.2 Å². The highest BCUT2D eigenvalue weighted by molar-refractivity contribution is 7.86. The molecule has 0 spiro atoms. The second-order valence-corrected chi connectivity index (χ2v) is 17.3. The smallest absolute Gasteiger partial charge is 0.336 e. The van der Waals surface area contributed by atoms with Gasteiger partial charge in [-0.05, 0) is 60.9 Å². The molecule has 13 nitrogen and oxygen atoms in total. The van der Waals surface area contributed by atoms with Crippen LogP contribution in [0.4, 0.5) is 5.69 Å². The van der Waals surface area contributed by atoms with Crippen molar-refractivity contribution in [1.82, 2.24) is 9.89 Å². The number of carboxylic acids is 1. The van der Waals surface area contributed by atoms with Crippen LogP contribution in [0.5, 0.6) is 11.5 Å². The van der Waals surface area contributed by atoms with Crippen molar-refractivity contribution < 1.29 is 45.4 Å². The predicted molar refractivity (Wildman–Crippen MR) is 201 cm³/mol. The Labute approximate surface area is 307 Å². The van der Waals surface area contributed by atoms with E-state index in [2.05, 4.69) is 11.2 Å². The largest absolute Gasteiger partial charge is 0.478 e. The van der Waals surface area contributed by atoms with Gasteiger partial charge in [0.2, 0.25) is 5.36 Å². The molecule has 15 heteroatoms. The Morgan fingerprint density at radius 2 is 1.53 bits per heavy atom. The molecule has 6 rings (SSSR count). The van der Waals surface area contributed by atoms with Gasteiger partial charge in [-0.15, -0.1) is 6.42 Å². The summed E-state index contributed by atoms with van der Waals surface area (Å²) >= 11 is 0. The third-order valence-electron chi connectivity index (χ3n) is 9.96. The lowest BCUT2D eigenvalue weighted by Gasteiger charge is -2.41. The van der Waals surface area contributed by atoms with E-state index in [9.17, 15) is 40.6 Å². The summed E-state index contributed by atoms with van der Waals surface area (Å²) in [4.78, 5) is 27.8. The van der Waals surface area contributed by atoms with Crippen LogP contribution in [0.1, 0.15) is 70.7 Å². The first-order valence-electron chi connectivity index (χ1n) is 16.3. The van der Waals surface area contributed by atoms with Gasteiger partial charge in [0.25, 0.3) is 26.1 Å². The average molecular weight is 761 g/mol. The molecule has 0 saturated carbocycles. The Morgan fingerprint density at radius 1 is 0.887 bits per heavy atom. The first kappa shape index (κ1) is 37.5. The minimum Gasteiger partial charge on any atom is -0.478 e. The summed E-state index contributed by atoms with van der Waals surface area (Å²) in [6.07, 6.45) is 8.76. The van der Waals surface area contributed by atoms with Gasteiger partial charge < -0.3 is 20.1 Å². The summed E-state index contributed by atoms with van der Waals surface area (Å²) in [5.41, 5.74) is 1.39. The molecule has 276 valence electrons. The lowest BCUT2D eigenvalue weighted by atomic mass is 9.83. The van der Waals surface area contributed by atoms with E-state index in [1.165, 1.54) is 18.2 Å². The molecule has 3 aliphatic heterocycles. The van der Waals surface area contributed by atoms with Gasteiger partial charge in [-0.25, -0.2) is 9.37 Å². The quantitative estimate of drug-likeness (QED) is 0.117. The van der Waals surface area contributed by atoms with Crippen LogP contribution in [0.25, 0.3) is 16.7 Å². The number of hydrogen-bond donors (Lipinski definition) is 4. The summed E-state index contributed by atoms with van der Waals surface area (Å²) in [6.45, 7) is 7.46. The molecular formula is C38H38N3O10S2+. The Kier molecular flexibility index (Phi) is 8.98. The van der Waals surface area contributed by atoms with Crippen LogP contribution in [0.15, 0.2) is 54.6 Å². The minimum atomic E-state index is -4.49. The number of carbonyl (C=O) groups excluding carboxylic acids is 1. The highest BCUT2D eigenvalue weighted by Crippen LogP contribution is 2.46. The molecule has 3 aromatic carbocycles. The van der Waals surface area contributed by atoms with E-state index in [1.54, 1.807) is 36.4 Å². The molecule has 0 atom stereocenters. The number of anilines is 1. The molecule has 0 fully saturated rings. The maximum absolute atomic E-state index is 13.0. The summed E-state index contributed by atoms with van der Waals surface area (Å²) in [7, 11) is -5.31. The van der Waals surface area contributed by atoms with Crippen molar-refractivity contribution in [2.45, 2.75) is 38.8 Å². The number of nitrogens with zero attached hydrogens (tertiary/aromatic N) is 2. The van der Waals surface area contributed by atoms with Crippen molar-refractivity contribution in [1.29, 1.82) is 0 Å². The van der Waals surface area contributed by atoms with Gasteiger partial charge in [0.1, 0.15) is 30.1 Å². The van der Waals surface area contributed by atoms with E-state index in [0.717, 1.165) is 0 Å². The zero-order valence-corrected chi connectivity index (χ0v) is 31.4. The molecule has 3 aliphatic rings. The van der Waals surface area contributed by atoms with Crippen molar-refractivity contribution in [3.63, 3.8) is 0 Å². The Morgan fingerprint density at radius 3 is 2.13 bits per heavy atom. The van der Waals surface area contributed by atoms with Gasteiger partial charge in [0.15, 0.2) is 5.54 Å². The maximum atomic E-state index is 13.0. The molecule has 0 saturated heterocycles. The number of aromatic carboxylic acids is 1. The first-order valence-corrected chi connectivity index (χ1v) is 19.6. The topological polar surface area (TPSA) is 191 Å². The summed E-state index contributed by atoms with van der Waals surface area (Å²) in [5, 5.41) is 14.0. The Balaban J connectivity index is 1.76. The van der Waals surface area contributed by atoms with Gasteiger partial charge in [0.05, 0.1) is 29.3 Å². The predicted octanol–water partition coefficient (Wildman–Crippen LogP) is 2.78. The fourth-order valence-electron chi connectivity index (χ4n) is 7.09. The fraction of sp³-hybridized carbons (Fsp3) is 0.289. The third-order valence-corrected chi connectivity index (χ3v) is 11.3. The van der Waals surface area contributed by atoms with Crippen molar-refractivity contribution in [3.8, 4) is 23.8 Å². The second kappa shape index (κ2) is 12.7. The van der Waals surface area contributed by atoms with Crippen LogP contribution in [-0.4, -0.2) is 86.1 Å². The second-order valence-electron chi connectivity index (χ2n) is 14.4. The van der Waals surface area contributed by atoms with Crippen molar-refractivity contribution >= 4 is 54.5 Å². The number of terminal acetylenes is 1. The molecule has 53 heavy (non-hydrogen) atoms. The number of ether oxygens (including phenoxy) is 1. The molecule has 0 radical (unpaired) electrons. The third kappa shape index (κ3) is 6.98. The lowest BCUT2D eigenvalue weighted by Crippen LogP contribution is -2.47. The summed E-state index contributed by atoms with van der Waals surface area (Å²) in [5.74, 6) is -0.409. The van der Waals surface area contributed by atoms with Crippen LogP contribution in [-0.2, 0) is 20.2 Å². The maximum Gasteiger partial charge on any atom is 0.336 e. The van der Waals surface area contributed by atoms with Gasteiger partial charge in [0, 0.05) is 60.1 Å². The number of amides is 1. The molecule has 0 aromatic heterocycles. The SMILES string of the molecule is C#CCNC(=O)c1ccc(C2=c3cc4c(cc3Oc3cc5c(cc32)C(CS(=O)(=O)O)=CC(C)(C)N5C)=[N+](C)C(C)(C)C=C4CS(=O)(=O)O)c(C(=O)O)c1. The lowest BCUT2D eigenvalue weighted by molar-refractivity contribution is 0.0696. The van der Waals surface area contributed by atoms with Gasteiger partial charge in [-0.1, -0.05) is 18.1 Å². The molecule has 0 bridgehead atoms. The zero-order valence-electron chi connectivity index (χ0n) is 29.8. The molecule has 0 aliphatic carbocycles. The standard InChI is InChI=1S/C38H37N3O10S2/c1-8-11-39-35(42)21-9-10-24(27(12-21)36(43)44)34-28-13-25-22(19-52(45,46)47)17-37(2,3)40(6)30(25)15-32(28)51-33-16-31-26(14-29(33)34)23(20-53(48,49)50)18-38(4,5)41(31)7/h1,9-10,12-18H,11,19-20H2,2-7H3,(H3-,39,42,43,44,45,46,47,48,49,50)/p+1. The molecule has 3 aromatic rings. The number of fused-ring (bicyclic) bond motifs is 4. The molecule has 4 N–H and O–H groups in total. The number of carboxylic acid groups (broad SMARTS) is 1. The Hall–Kier alpha value is -5.27. The van der Waals surface area contributed by atoms with E-state index in [4.69, 9.17) is 11.2 Å². The van der Waals surface area contributed by atoms with Crippen molar-refractivity contribution in [3.05, 3.63) is 98.6 Å². The van der Waals surface area contributed by atoms with Gasteiger partial charge >= 0.3 is 5.97 Å². The normalized spacial score (nSPS) is 16.8. The highest BCUT2D eigenvalue weighted by Gasteiger charge is 2.37. The van der Waals surface area contributed by atoms with Gasteiger partial charge in [-0.2, -0.15) is 16.8 Å². The first-order chi connectivity index (χ1) is 24.5. The van der Waals surface area contributed by atoms with Crippen LogP contribution in [0.3, 0.4) is 0 Å². The summed E-state index contributed by atoms with van der Waals surface area (Å²) in [6, 6.07) is 11.0. The average Bonchev–Trinajstić information content (AvgIpc) is 3.04. The molecular weight excluding hydrogens is 723 g/mol. The fourth-order valence-corrected chi connectivity index (χ4v) is 8.35. The monoisotopic (exact) mass is 760 g/mol. The molecule has 3 heterocycles. The highest BCUT2D eigenvalue weighted by atomic mass is 32.2. The van der Waals surface area contributed by atoms with Crippen LogP contribution in [0, 0.1) is 12.3 Å². The van der Waals surface area contributed by atoms with Crippen LogP contribution >= 0.6 is 0 Å². The number of benzene rings is 3. The Bertz CT molecular complexity index is 2630. The molecule has 0 unspecified atom stereocenters. The van der Waals surface area contributed by atoms with E-state index < -0.39 is 54.7 Å². The summed E-state index contributed by atoms with van der Waals surface area (Å²) < 4.78 is 77.4. The van der Waals surface area contributed by atoms with Gasteiger partial charge in [-0.3, -0.25) is 13.9 Å². The van der Waals surface area contributed by atoms with Crippen molar-refractivity contribution in [2.24, 2.45) is 0 Å². The van der Waals surface area contributed by atoms with E-state index >= 15 is 0 Å². The zero-order chi connectivity index (χ0) is 39.0. The van der Waals surface area contributed by atoms with Crippen LogP contribution < -0.4 is 30.1 Å². The van der Waals surface area contributed by atoms with Crippen molar-refractivity contribution in [2.75, 3.05) is 37.0 Å². The number of carbonyl (C=O) groups is 2. The number of hydrogen-bond acceptors (Lipinski definition) is 8. The number of likely N-dealkylation sites (N-methyl/N-ethyl adjacent to an activating group) is 2. The number of nitrogens with one attached hydrogen (secondary N) is 1. The van der Waals surface area contributed by atoms with Crippen LogP contribution in [0.2, 0.25) is 0 Å².